The van der Waals surface area contributed by atoms with Crippen LogP contribution in [0.25, 0.3) is 11.4 Å². The number of aromatic amines is 1. The molecule has 2 heterocycles. The van der Waals surface area contributed by atoms with Crippen LogP contribution in [0.2, 0.25) is 0 Å². The maximum Gasteiger partial charge on any atom is 0.333 e. The molecule has 0 radical (unpaired) electrons. The van der Waals surface area contributed by atoms with Gasteiger partial charge in [0, 0.05) is 12.3 Å². The summed E-state index contributed by atoms with van der Waals surface area (Å²) in [5.74, 6) is 0.286. The molecule has 1 aliphatic heterocycles. The topological polar surface area (TPSA) is 88.2 Å². The fourth-order valence-corrected chi connectivity index (χ4v) is 4.04. The first kappa shape index (κ1) is 19.4. The highest BCUT2D eigenvalue weighted by Gasteiger charge is 2.27. The summed E-state index contributed by atoms with van der Waals surface area (Å²) in [6.45, 7) is 2.42. The molecule has 1 aliphatic rings. The number of rotatable bonds is 7. The summed E-state index contributed by atoms with van der Waals surface area (Å²) in [5.41, 5.74) is 0.350. The first-order valence-electron chi connectivity index (χ1n) is 8.20. The number of carbonyl (C=O) groups is 2. The van der Waals surface area contributed by atoms with E-state index in [1.807, 2.05) is 0 Å². The molecule has 0 aliphatic carbocycles. The Morgan fingerprint density at radius 2 is 2.30 bits per heavy atom. The lowest BCUT2D eigenvalue weighted by molar-refractivity contribution is -0.137. The van der Waals surface area contributed by atoms with Crippen LogP contribution in [0.4, 0.5) is 4.39 Å². The fraction of sp³-hybridized carbons (Fsp3) is 0.294. The van der Waals surface area contributed by atoms with E-state index in [9.17, 15) is 14.0 Å². The predicted molar refractivity (Wildman–Crippen MR) is 101 cm³/mol. The molecule has 1 amide bonds. The molecule has 1 fully saturated rings. The van der Waals surface area contributed by atoms with E-state index in [1.54, 1.807) is 30.0 Å². The Bertz CT molecular complexity index is 871. The number of H-pyrrole nitrogens is 1. The fourth-order valence-electron chi connectivity index (χ4n) is 2.37. The van der Waals surface area contributed by atoms with Gasteiger partial charge in [-0.05, 0) is 19.1 Å². The number of hydrogen-bond acceptors (Lipinski definition) is 7. The highest BCUT2D eigenvalue weighted by Crippen LogP contribution is 2.29. The quantitative estimate of drug-likeness (QED) is 0.428. The van der Waals surface area contributed by atoms with E-state index >= 15 is 0 Å². The van der Waals surface area contributed by atoms with Gasteiger partial charge < -0.3 is 9.64 Å². The lowest BCUT2D eigenvalue weighted by Crippen LogP contribution is -2.27. The molecule has 3 rings (SSSR count). The lowest BCUT2D eigenvalue weighted by Gasteiger charge is -2.15. The van der Waals surface area contributed by atoms with Crippen molar-refractivity contribution in [3.05, 3.63) is 41.2 Å². The number of carbonyl (C=O) groups excluding carboxylic acids is 2. The SMILES string of the molecule is CCOC(=O)/C=C1\SCC(=O)N1CCSc1n[nH]c(-c2ccccc2F)n1. The van der Waals surface area contributed by atoms with E-state index in [1.165, 1.54) is 35.7 Å². The van der Waals surface area contributed by atoms with Crippen molar-refractivity contribution >= 4 is 35.4 Å². The number of amides is 1. The second-order valence-electron chi connectivity index (χ2n) is 5.36. The number of benzene rings is 1. The van der Waals surface area contributed by atoms with Crippen molar-refractivity contribution in [2.75, 3.05) is 24.7 Å². The van der Waals surface area contributed by atoms with Crippen LogP contribution in [-0.4, -0.2) is 56.6 Å². The van der Waals surface area contributed by atoms with Crippen molar-refractivity contribution in [3.63, 3.8) is 0 Å². The third-order valence-electron chi connectivity index (χ3n) is 3.58. The van der Waals surface area contributed by atoms with Gasteiger partial charge in [0.15, 0.2) is 5.82 Å². The molecule has 0 bridgehead atoms. The lowest BCUT2D eigenvalue weighted by atomic mass is 10.2. The van der Waals surface area contributed by atoms with Crippen molar-refractivity contribution in [1.29, 1.82) is 0 Å². The van der Waals surface area contributed by atoms with Crippen LogP contribution >= 0.6 is 23.5 Å². The van der Waals surface area contributed by atoms with E-state index < -0.39 is 5.97 Å². The zero-order chi connectivity index (χ0) is 19.2. The summed E-state index contributed by atoms with van der Waals surface area (Å²) in [6.07, 6.45) is 1.34. The average Bonchev–Trinajstić information content (AvgIpc) is 3.24. The minimum atomic E-state index is -0.462. The van der Waals surface area contributed by atoms with Gasteiger partial charge in [-0.25, -0.2) is 14.2 Å². The van der Waals surface area contributed by atoms with Crippen LogP contribution in [0.5, 0.6) is 0 Å². The summed E-state index contributed by atoms with van der Waals surface area (Å²) in [7, 11) is 0. The normalized spacial score (nSPS) is 15.6. The summed E-state index contributed by atoms with van der Waals surface area (Å²) in [6, 6.07) is 6.31. The second kappa shape index (κ2) is 9.05. The van der Waals surface area contributed by atoms with Gasteiger partial charge in [-0.3, -0.25) is 9.89 Å². The van der Waals surface area contributed by atoms with Gasteiger partial charge in [0.2, 0.25) is 11.1 Å². The highest BCUT2D eigenvalue weighted by molar-refractivity contribution is 8.04. The van der Waals surface area contributed by atoms with Crippen LogP contribution in [0.1, 0.15) is 6.92 Å². The molecule has 0 saturated carbocycles. The molecule has 1 aromatic heterocycles. The molecule has 0 unspecified atom stereocenters. The zero-order valence-corrected chi connectivity index (χ0v) is 16.1. The number of thioether (sulfide) groups is 2. The molecule has 27 heavy (non-hydrogen) atoms. The van der Waals surface area contributed by atoms with E-state index in [0.717, 1.165) is 0 Å². The Hall–Kier alpha value is -2.33. The minimum absolute atomic E-state index is 0.0572. The number of esters is 1. The largest absolute Gasteiger partial charge is 0.463 e. The van der Waals surface area contributed by atoms with Gasteiger partial charge in [0.25, 0.3) is 0 Å². The summed E-state index contributed by atoms with van der Waals surface area (Å²) in [4.78, 5) is 29.4. The second-order valence-corrected chi connectivity index (χ2v) is 7.42. The number of nitrogens with zero attached hydrogens (tertiary/aromatic N) is 3. The molecule has 1 saturated heterocycles. The van der Waals surface area contributed by atoms with Crippen molar-refractivity contribution in [3.8, 4) is 11.4 Å². The molecule has 1 N–H and O–H groups in total. The van der Waals surface area contributed by atoms with Gasteiger partial charge in [-0.1, -0.05) is 35.7 Å². The molecule has 0 spiro atoms. The summed E-state index contributed by atoms with van der Waals surface area (Å²) in [5, 5.41) is 7.84. The Kier molecular flexibility index (Phi) is 6.51. The molecular formula is C17H17FN4O3S2. The Morgan fingerprint density at radius 1 is 1.48 bits per heavy atom. The molecule has 1 aromatic carbocycles. The number of nitrogens with one attached hydrogen (secondary N) is 1. The molecule has 0 atom stereocenters. The summed E-state index contributed by atoms with van der Waals surface area (Å²) >= 11 is 2.65. The molecule has 7 nitrogen and oxygen atoms in total. The Morgan fingerprint density at radius 3 is 3.07 bits per heavy atom. The molecular weight excluding hydrogens is 391 g/mol. The standard InChI is InChI=1S/C17H17FN4O3S2/c1-2-25-15(24)9-14-22(13(23)10-27-14)7-8-26-17-19-16(20-21-17)11-5-3-4-6-12(11)18/h3-6,9H,2,7-8,10H2,1H3,(H,19,20,21)/b14-9-. The predicted octanol–water partition coefficient (Wildman–Crippen LogP) is 2.68. The van der Waals surface area contributed by atoms with Crippen molar-refractivity contribution in [1.82, 2.24) is 20.1 Å². The first-order valence-corrected chi connectivity index (χ1v) is 10.2. The van der Waals surface area contributed by atoms with E-state index in [2.05, 4.69) is 15.2 Å². The maximum atomic E-state index is 13.8. The smallest absolute Gasteiger partial charge is 0.333 e. The van der Waals surface area contributed by atoms with Crippen LogP contribution < -0.4 is 0 Å². The minimum Gasteiger partial charge on any atom is -0.463 e. The Balaban J connectivity index is 1.58. The zero-order valence-electron chi connectivity index (χ0n) is 14.5. The van der Waals surface area contributed by atoms with Crippen molar-refractivity contribution in [2.24, 2.45) is 0 Å². The first-order chi connectivity index (χ1) is 13.1. The van der Waals surface area contributed by atoms with Gasteiger partial charge in [0.05, 0.1) is 29.0 Å². The van der Waals surface area contributed by atoms with Gasteiger partial charge >= 0.3 is 5.97 Å². The monoisotopic (exact) mass is 408 g/mol. The summed E-state index contributed by atoms with van der Waals surface area (Å²) < 4.78 is 18.7. The maximum absolute atomic E-state index is 13.8. The van der Waals surface area contributed by atoms with Crippen LogP contribution in [0.15, 0.2) is 40.5 Å². The Labute approximate surface area is 163 Å². The van der Waals surface area contributed by atoms with Crippen LogP contribution in [0.3, 0.4) is 0 Å². The third kappa shape index (κ3) is 4.89. The van der Waals surface area contributed by atoms with Crippen molar-refractivity contribution < 1.29 is 18.7 Å². The van der Waals surface area contributed by atoms with Crippen molar-refractivity contribution in [2.45, 2.75) is 12.1 Å². The average molecular weight is 408 g/mol. The number of ether oxygens (including phenoxy) is 1. The van der Waals surface area contributed by atoms with Gasteiger partial charge in [0.1, 0.15) is 5.82 Å². The van der Waals surface area contributed by atoms with E-state index in [-0.39, 0.29) is 18.3 Å². The molecule has 10 heteroatoms. The van der Waals surface area contributed by atoms with Gasteiger partial charge in [-0.15, -0.1) is 5.10 Å². The van der Waals surface area contributed by atoms with Crippen LogP contribution in [0, 0.1) is 5.82 Å². The molecule has 142 valence electrons. The van der Waals surface area contributed by atoms with Gasteiger partial charge in [-0.2, -0.15) is 0 Å². The van der Waals surface area contributed by atoms with Crippen LogP contribution in [-0.2, 0) is 14.3 Å². The number of halogens is 1. The number of aromatic nitrogens is 3. The van der Waals surface area contributed by atoms with E-state index in [4.69, 9.17) is 4.74 Å². The van der Waals surface area contributed by atoms with E-state index in [0.29, 0.717) is 39.6 Å². The molecule has 2 aromatic rings. The third-order valence-corrected chi connectivity index (χ3v) is 5.43. The highest BCUT2D eigenvalue weighted by atomic mass is 32.2. The number of hydrogen-bond donors (Lipinski definition) is 1.